The van der Waals surface area contributed by atoms with Crippen LogP contribution in [-0.2, 0) is 9.59 Å². The van der Waals surface area contributed by atoms with E-state index in [1.165, 1.54) is 0 Å². The van der Waals surface area contributed by atoms with E-state index in [1.54, 1.807) is 36.3 Å². The molecule has 10 heteroatoms. The van der Waals surface area contributed by atoms with E-state index in [4.69, 9.17) is 9.15 Å². The Hall–Kier alpha value is -4.47. The molecule has 1 aliphatic heterocycles. The molecule has 5 unspecified atom stereocenters. The highest BCUT2D eigenvalue weighted by Crippen LogP contribution is 2.43. The maximum absolute atomic E-state index is 14.2. The van der Waals surface area contributed by atoms with Crippen molar-refractivity contribution in [1.29, 1.82) is 0 Å². The van der Waals surface area contributed by atoms with E-state index in [1.807, 2.05) is 24.3 Å². The van der Waals surface area contributed by atoms with E-state index < -0.39 is 17.9 Å². The van der Waals surface area contributed by atoms with Crippen molar-refractivity contribution in [2.24, 2.45) is 17.8 Å². The van der Waals surface area contributed by atoms with E-state index >= 15 is 0 Å². The summed E-state index contributed by atoms with van der Waals surface area (Å²) in [5.41, 5.74) is 2.18. The predicted molar refractivity (Wildman–Crippen MR) is 158 cm³/mol. The number of nitrogens with zero attached hydrogens (tertiary/aromatic N) is 2. The maximum atomic E-state index is 14.2. The summed E-state index contributed by atoms with van der Waals surface area (Å²) in [6, 6.07) is 12.7. The Morgan fingerprint density at radius 1 is 1.12 bits per heavy atom. The van der Waals surface area contributed by atoms with Crippen molar-refractivity contribution in [1.82, 2.24) is 20.2 Å². The number of likely N-dealkylation sites (tertiary alicyclic amines) is 1. The molecule has 10 nitrogen and oxygen atoms in total. The SMILES string of the molecule is COc1cccc2[nH]c(C(=O)N3CC4CCCC4C3C(=O)NC(CC3CCCC3=O)C(=O)c3nc4ccccc4o3)cc12. The third-order valence-electron chi connectivity index (χ3n) is 9.58. The van der Waals surface area contributed by atoms with Gasteiger partial charge in [-0.25, -0.2) is 4.98 Å². The summed E-state index contributed by atoms with van der Waals surface area (Å²) in [6.07, 6.45) is 4.87. The second-order valence-electron chi connectivity index (χ2n) is 12.1. The molecular weight excluding hydrogens is 548 g/mol. The number of H-pyrrole nitrogens is 1. The lowest BCUT2D eigenvalue weighted by Gasteiger charge is -2.29. The summed E-state index contributed by atoms with van der Waals surface area (Å²) in [7, 11) is 1.59. The van der Waals surface area contributed by atoms with Crippen molar-refractivity contribution < 1.29 is 28.3 Å². The monoisotopic (exact) mass is 582 g/mol. The first-order valence-electron chi connectivity index (χ1n) is 15.1. The van der Waals surface area contributed by atoms with Gasteiger partial charge in [0.2, 0.25) is 11.7 Å². The molecule has 7 rings (SSSR count). The number of aromatic amines is 1. The zero-order chi connectivity index (χ0) is 29.7. The minimum absolute atomic E-state index is 0.00365. The quantitative estimate of drug-likeness (QED) is 0.288. The van der Waals surface area contributed by atoms with Crippen LogP contribution in [0.5, 0.6) is 5.75 Å². The molecule has 2 N–H and O–H groups in total. The van der Waals surface area contributed by atoms with Crippen molar-refractivity contribution in [3.05, 3.63) is 60.1 Å². The number of ketones is 2. The number of fused-ring (bicyclic) bond motifs is 3. The van der Waals surface area contributed by atoms with Crippen LogP contribution >= 0.6 is 0 Å². The van der Waals surface area contributed by atoms with E-state index in [-0.39, 0.29) is 47.7 Å². The van der Waals surface area contributed by atoms with E-state index in [9.17, 15) is 19.2 Å². The Morgan fingerprint density at radius 2 is 1.98 bits per heavy atom. The molecular formula is C33H34N4O6. The van der Waals surface area contributed by atoms with Gasteiger partial charge in [-0.15, -0.1) is 0 Å². The number of amides is 2. The highest BCUT2D eigenvalue weighted by atomic mass is 16.5. The average Bonchev–Trinajstić information content (AvgIpc) is 3.83. The lowest BCUT2D eigenvalue weighted by molar-refractivity contribution is -0.127. The van der Waals surface area contributed by atoms with Gasteiger partial charge in [0.1, 0.15) is 28.8 Å². The largest absolute Gasteiger partial charge is 0.496 e. The van der Waals surface area contributed by atoms with Crippen LogP contribution in [0.2, 0.25) is 0 Å². The number of carbonyl (C=O) groups is 4. The molecule has 3 heterocycles. The molecule has 222 valence electrons. The lowest BCUT2D eigenvalue weighted by Crippen LogP contribution is -2.53. The molecule has 2 aliphatic carbocycles. The van der Waals surface area contributed by atoms with Crippen molar-refractivity contribution in [3.63, 3.8) is 0 Å². The van der Waals surface area contributed by atoms with Crippen LogP contribution in [0.25, 0.3) is 22.0 Å². The molecule has 43 heavy (non-hydrogen) atoms. The number of ether oxygens (including phenoxy) is 1. The van der Waals surface area contributed by atoms with Crippen LogP contribution < -0.4 is 10.1 Å². The second kappa shape index (κ2) is 11.0. The van der Waals surface area contributed by atoms with Crippen molar-refractivity contribution >= 4 is 45.4 Å². The fourth-order valence-electron chi connectivity index (χ4n) is 7.46. The summed E-state index contributed by atoms with van der Waals surface area (Å²) < 4.78 is 11.2. The zero-order valence-electron chi connectivity index (χ0n) is 24.0. The molecule has 0 radical (unpaired) electrons. The maximum Gasteiger partial charge on any atom is 0.271 e. The number of para-hydroxylation sites is 2. The van der Waals surface area contributed by atoms with Gasteiger partial charge in [-0.2, -0.15) is 0 Å². The Labute approximate surface area is 248 Å². The van der Waals surface area contributed by atoms with Crippen LogP contribution in [0, 0.1) is 17.8 Å². The van der Waals surface area contributed by atoms with Gasteiger partial charge >= 0.3 is 0 Å². The molecule has 3 fully saturated rings. The fraction of sp³-hybridized carbons (Fsp3) is 0.424. The van der Waals surface area contributed by atoms with Gasteiger partial charge in [-0.1, -0.05) is 24.6 Å². The van der Waals surface area contributed by atoms with Crippen LogP contribution in [0.3, 0.4) is 0 Å². The number of aromatic nitrogens is 2. The second-order valence-corrected chi connectivity index (χ2v) is 12.1. The Bertz CT molecular complexity index is 1710. The first-order chi connectivity index (χ1) is 20.9. The number of benzene rings is 2. The minimum atomic E-state index is -0.998. The van der Waals surface area contributed by atoms with Gasteiger partial charge in [0.05, 0.1) is 13.2 Å². The van der Waals surface area contributed by atoms with Crippen molar-refractivity contribution in [3.8, 4) is 5.75 Å². The van der Waals surface area contributed by atoms with Gasteiger partial charge < -0.3 is 24.4 Å². The number of oxazole rings is 1. The first kappa shape index (κ1) is 27.4. The van der Waals surface area contributed by atoms with Crippen LogP contribution in [0.4, 0.5) is 0 Å². The Morgan fingerprint density at radius 3 is 2.77 bits per heavy atom. The van der Waals surface area contributed by atoms with Crippen molar-refractivity contribution in [2.45, 2.75) is 57.0 Å². The van der Waals surface area contributed by atoms with Gasteiger partial charge in [0.25, 0.3) is 11.8 Å². The molecule has 1 saturated heterocycles. The zero-order valence-corrected chi connectivity index (χ0v) is 24.0. The molecule has 2 aromatic carbocycles. The molecule has 4 aromatic rings. The smallest absolute Gasteiger partial charge is 0.271 e. The van der Waals surface area contributed by atoms with E-state index in [0.29, 0.717) is 41.9 Å². The van der Waals surface area contributed by atoms with Crippen LogP contribution in [0.15, 0.2) is 52.9 Å². The van der Waals surface area contributed by atoms with Gasteiger partial charge in [0, 0.05) is 29.8 Å². The molecule has 5 atom stereocenters. The lowest BCUT2D eigenvalue weighted by atomic mass is 9.91. The molecule has 2 amide bonds. The topological polar surface area (TPSA) is 135 Å². The van der Waals surface area contributed by atoms with Gasteiger partial charge in [-0.05, 0) is 74.3 Å². The fourth-order valence-corrected chi connectivity index (χ4v) is 7.46. The number of nitrogens with one attached hydrogen (secondary N) is 2. The number of hydrogen-bond acceptors (Lipinski definition) is 7. The molecule has 2 saturated carbocycles. The normalized spacial score (nSPS) is 24.0. The number of methoxy groups -OCH3 is 1. The molecule has 0 spiro atoms. The Kier molecular flexibility index (Phi) is 6.99. The number of carbonyl (C=O) groups excluding carboxylic acids is 4. The van der Waals surface area contributed by atoms with Crippen LogP contribution in [0.1, 0.15) is 66.1 Å². The van der Waals surface area contributed by atoms with Gasteiger partial charge in [0.15, 0.2) is 5.58 Å². The highest BCUT2D eigenvalue weighted by Gasteiger charge is 2.50. The molecule has 3 aliphatic rings. The molecule has 2 aromatic heterocycles. The van der Waals surface area contributed by atoms with Crippen molar-refractivity contribution in [2.75, 3.05) is 13.7 Å². The average molecular weight is 583 g/mol. The number of rotatable bonds is 8. The summed E-state index contributed by atoms with van der Waals surface area (Å²) in [6.45, 7) is 0.471. The number of Topliss-reactive ketones (excluding diaryl/α,β-unsaturated/α-hetero) is 2. The van der Waals surface area contributed by atoms with E-state index in [0.717, 1.165) is 36.6 Å². The standard InChI is InChI=1S/C33H34N4O6/c1-42-27-14-6-11-22-21(27)16-25(34-22)33(41)37-17-19-8-4-9-20(19)29(37)31(40)35-24(15-18-7-5-12-26(18)38)30(39)32-36-23-10-2-3-13-28(23)43-32/h2-3,6,10-11,13-14,16,18-20,24,29,34H,4-5,7-9,12,15,17H2,1H3,(H,35,40). The molecule has 0 bridgehead atoms. The summed E-state index contributed by atoms with van der Waals surface area (Å²) >= 11 is 0. The third-order valence-corrected chi connectivity index (χ3v) is 9.58. The minimum Gasteiger partial charge on any atom is -0.496 e. The third kappa shape index (κ3) is 4.88. The number of hydrogen-bond donors (Lipinski definition) is 2. The summed E-state index contributed by atoms with van der Waals surface area (Å²) in [5.74, 6) is -0.558. The van der Waals surface area contributed by atoms with Gasteiger partial charge in [-0.3, -0.25) is 19.2 Å². The highest BCUT2D eigenvalue weighted by molar-refractivity contribution is 6.04. The van der Waals surface area contributed by atoms with E-state index in [2.05, 4.69) is 15.3 Å². The predicted octanol–water partition coefficient (Wildman–Crippen LogP) is 4.69. The summed E-state index contributed by atoms with van der Waals surface area (Å²) in [5, 5.41) is 3.77. The summed E-state index contributed by atoms with van der Waals surface area (Å²) in [4.78, 5) is 63.7. The van der Waals surface area contributed by atoms with Crippen LogP contribution in [-0.4, -0.2) is 64.0 Å². The Balaban J connectivity index is 1.18. The first-order valence-corrected chi connectivity index (χ1v) is 15.1.